The number of halogens is 4. The summed E-state index contributed by atoms with van der Waals surface area (Å²) < 4.78 is 120. The van der Waals surface area contributed by atoms with Crippen LogP contribution in [0.15, 0.2) is 136 Å². The predicted molar refractivity (Wildman–Crippen MR) is 273 cm³/mol. The normalized spacial score (nSPS) is 16.9. The molecule has 1 amide bonds. The smallest absolute Gasteiger partial charge is 0.380 e. The molecule has 0 bridgehead atoms. The average Bonchev–Trinajstić information content (AvgIpc) is 3.34. The fourth-order valence-electron chi connectivity index (χ4n) is 8.35. The number of nitrogens with one attached hydrogen (secondary N) is 3. The molecule has 70 heavy (non-hydrogen) atoms. The van der Waals surface area contributed by atoms with E-state index in [0.717, 1.165) is 52.2 Å². The van der Waals surface area contributed by atoms with Crippen molar-refractivity contribution in [3.8, 4) is 11.1 Å². The summed E-state index contributed by atoms with van der Waals surface area (Å²) in [6, 6.07) is 32.9. The van der Waals surface area contributed by atoms with Gasteiger partial charge in [-0.1, -0.05) is 66.2 Å². The van der Waals surface area contributed by atoms with Crippen molar-refractivity contribution in [1.82, 2.24) is 14.3 Å². The van der Waals surface area contributed by atoms with Crippen LogP contribution in [-0.2, 0) is 35.6 Å². The fraction of sp³-hybridized carbons (Fsp3) is 0.380. The summed E-state index contributed by atoms with van der Waals surface area (Å²) in [7, 11) is -12.3. The number of rotatable bonds is 18. The van der Waals surface area contributed by atoms with E-state index in [-0.39, 0.29) is 17.5 Å². The van der Waals surface area contributed by atoms with Crippen LogP contribution in [0.3, 0.4) is 0 Å². The molecule has 376 valence electrons. The van der Waals surface area contributed by atoms with Gasteiger partial charge in [0.15, 0.2) is 0 Å². The molecule has 20 heteroatoms. The van der Waals surface area contributed by atoms with Crippen molar-refractivity contribution in [3.05, 3.63) is 137 Å². The van der Waals surface area contributed by atoms with Crippen LogP contribution in [0.25, 0.3) is 11.1 Å². The number of sulfone groups is 1. The molecule has 7 rings (SSSR count). The van der Waals surface area contributed by atoms with Crippen molar-refractivity contribution in [2.45, 2.75) is 77.1 Å². The lowest BCUT2D eigenvalue weighted by atomic mass is 9.83. The van der Waals surface area contributed by atoms with Crippen molar-refractivity contribution in [1.29, 1.82) is 0 Å². The third-order valence-electron chi connectivity index (χ3n) is 12.3. The molecule has 0 spiro atoms. The highest BCUT2D eigenvalue weighted by Gasteiger charge is 2.48. The lowest BCUT2D eigenvalue weighted by Gasteiger charge is -2.39. The van der Waals surface area contributed by atoms with Crippen molar-refractivity contribution in [3.63, 3.8) is 0 Å². The standard InChI is InChI=1S/C50H57ClF3N5O7S4/c1-49(2,3)68(61)56-47(44-12-8-7-11-43(44)35-13-17-38(51)18-14-35)36-23-27-59(28-24-36)40-19-15-37(16-20-40)48(60)57-70(64,65)42-21-22-45(46(33-42)69(62,63)50(52,53)54)55-39(25-26-58-29-31-66-32-30-58)34-67-41-9-5-4-6-10-41/h4-22,33,36,39,47,55-56H,23-32,34H2,1-3H3,(H,57,60)/t39-,47-,68+/m1/s1. The van der Waals surface area contributed by atoms with E-state index in [4.69, 9.17) is 16.3 Å². The van der Waals surface area contributed by atoms with Crippen molar-refractivity contribution in [2.75, 3.05) is 61.9 Å². The monoisotopic (exact) mass is 1060 g/mol. The number of amides is 1. The Balaban J connectivity index is 1.05. The second-order valence-electron chi connectivity index (χ2n) is 18.2. The molecule has 5 aromatic carbocycles. The highest BCUT2D eigenvalue weighted by molar-refractivity contribution is 7.99. The van der Waals surface area contributed by atoms with Crippen LogP contribution in [0.5, 0.6) is 0 Å². The van der Waals surface area contributed by atoms with E-state index in [1.165, 1.54) is 23.9 Å². The summed E-state index contributed by atoms with van der Waals surface area (Å²) in [4.78, 5) is 16.5. The molecular weight excluding hydrogens is 1000 g/mol. The second kappa shape index (κ2) is 22.9. The first-order chi connectivity index (χ1) is 33.2. The molecule has 0 unspecified atom stereocenters. The van der Waals surface area contributed by atoms with E-state index in [9.17, 15) is 39.0 Å². The Hall–Kier alpha value is -4.47. The fourth-order valence-corrected chi connectivity index (χ4v) is 12.4. The summed E-state index contributed by atoms with van der Waals surface area (Å²) in [6.45, 7) is 9.99. The summed E-state index contributed by atoms with van der Waals surface area (Å²) >= 11 is 7.65. The maximum absolute atomic E-state index is 14.2. The molecule has 3 atom stereocenters. The highest BCUT2D eigenvalue weighted by atomic mass is 35.5. The summed E-state index contributed by atoms with van der Waals surface area (Å²) in [6.07, 6.45) is 1.89. The topological polar surface area (TPSA) is 154 Å². The third-order valence-corrected chi connectivity index (χ3v) is 18.1. The summed E-state index contributed by atoms with van der Waals surface area (Å²) in [5, 5.41) is 3.61. The molecule has 0 radical (unpaired) electrons. The Bertz CT molecular complexity index is 2820. The number of carbonyl (C=O) groups is 1. The van der Waals surface area contributed by atoms with Crippen molar-refractivity contribution >= 4 is 71.5 Å². The van der Waals surface area contributed by atoms with E-state index in [2.05, 4.69) is 25.9 Å². The van der Waals surface area contributed by atoms with Gasteiger partial charge in [-0.25, -0.2) is 30.5 Å². The Kier molecular flexibility index (Phi) is 17.5. The third kappa shape index (κ3) is 13.5. The molecule has 0 saturated carbocycles. The molecule has 5 aromatic rings. The zero-order valence-corrected chi connectivity index (χ0v) is 43.0. The summed E-state index contributed by atoms with van der Waals surface area (Å²) in [5.74, 6) is -0.607. The van der Waals surface area contributed by atoms with Crippen LogP contribution in [0.2, 0.25) is 5.02 Å². The van der Waals surface area contributed by atoms with Gasteiger partial charge in [-0.05, 0) is 129 Å². The van der Waals surface area contributed by atoms with Gasteiger partial charge in [0.25, 0.3) is 25.8 Å². The van der Waals surface area contributed by atoms with Crippen LogP contribution >= 0.6 is 23.4 Å². The number of anilines is 2. The van der Waals surface area contributed by atoms with Gasteiger partial charge in [0.2, 0.25) is 0 Å². The number of carbonyl (C=O) groups excluding carboxylic acids is 1. The predicted octanol–water partition coefficient (Wildman–Crippen LogP) is 9.72. The van der Waals surface area contributed by atoms with Gasteiger partial charge < -0.3 is 15.0 Å². The van der Waals surface area contributed by atoms with Gasteiger partial charge in [-0.15, -0.1) is 11.8 Å². The number of nitrogens with zero attached hydrogens (tertiary/aromatic N) is 2. The number of morpholine rings is 1. The minimum atomic E-state index is -6.08. The largest absolute Gasteiger partial charge is 0.501 e. The Labute approximate surface area is 420 Å². The Morgan fingerprint density at radius 2 is 1.49 bits per heavy atom. The van der Waals surface area contributed by atoms with Gasteiger partial charge >= 0.3 is 5.51 Å². The molecule has 2 aliphatic rings. The highest BCUT2D eigenvalue weighted by Crippen LogP contribution is 2.40. The van der Waals surface area contributed by atoms with Gasteiger partial charge in [0, 0.05) is 71.7 Å². The maximum Gasteiger partial charge on any atom is 0.501 e. The van der Waals surface area contributed by atoms with Crippen LogP contribution in [0, 0.1) is 5.92 Å². The van der Waals surface area contributed by atoms with Gasteiger partial charge in [0.1, 0.15) is 4.90 Å². The number of hydrogen-bond acceptors (Lipinski definition) is 11. The van der Waals surface area contributed by atoms with Crippen LogP contribution in [-0.4, -0.2) is 99.8 Å². The zero-order chi connectivity index (χ0) is 50.3. The van der Waals surface area contributed by atoms with E-state index in [1.807, 2.05) is 98.3 Å². The molecule has 0 aliphatic carbocycles. The van der Waals surface area contributed by atoms with Gasteiger partial charge in [-0.3, -0.25) is 9.69 Å². The minimum Gasteiger partial charge on any atom is -0.380 e. The maximum atomic E-state index is 14.2. The first-order valence-corrected chi connectivity index (χ1v) is 28.3. The van der Waals surface area contributed by atoms with Crippen LogP contribution in [0.4, 0.5) is 24.5 Å². The van der Waals surface area contributed by atoms with Gasteiger partial charge in [-0.2, -0.15) is 13.2 Å². The number of benzene rings is 5. The first-order valence-electron chi connectivity index (χ1n) is 22.8. The van der Waals surface area contributed by atoms with Crippen molar-refractivity contribution in [2.24, 2.45) is 5.92 Å². The lowest BCUT2D eigenvalue weighted by Crippen LogP contribution is -2.42. The van der Waals surface area contributed by atoms with Crippen LogP contribution < -0.4 is 19.7 Å². The number of sulfonamides is 1. The van der Waals surface area contributed by atoms with Crippen molar-refractivity contribution < 1.29 is 43.7 Å². The molecule has 2 aliphatic heterocycles. The number of hydrogen-bond donors (Lipinski definition) is 3. The number of piperidine rings is 1. The second-order valence-corrected chi connectivity index (χ2v) is 25.3. The number of alkyl halides is 3. The SMILES string of the molecule is CC(C)(C)[S@](=O)N[C@@H](c1ccccc1-c1ccc(Cl)cc1)C1CCN(c2ccc(C(=O)NS(=O)(=O)c3ccc(N[C@H](CCN4CCOCC4)CSc4ccccc4)c(S(=O)(=O)C(F)(F)F)c3)cc2)CC1. The summed E-state index contributed by atoms with van der Waals surface area (Å²) in [5.41, 5.74) is -2.43. The molecule has 2 fully saturated rings. The molecule has 2 heterocycles. The zero-order valence-electron chi connectivity index (χ0n) is 39.0. The number of thioether (sulfide) groups is 1. The van der Waals surface area contributed by atoms with E-state index in [1.54, 1.807) is 12.1 Å². The average molecular weight is 1060 g/mol. The molecule has 2 saturated heterocycles. The number of ether oxygens (including phenoxy) is 1. The van der Waals surface area contributed by atoms with E-state index in [0.29, 0.717) is 69.2 Å². The quantitative estimate of drug-likeness (QED) is 0.0719. The minimum absolute atomic E-state index is 0.0459. The Morgan fingerprint density at radius 3 is 2.13 bits per heavy atom. The van der Waals surface area contributed by atoms with Gasteiger partial charge in [0.05, 0.1) is 39.5 Å². The Morgan fingerprint density at radius 1 is 0.843 bits per heavy atom. The van der Waals surface area contributed by atoms with E-state index < -0.39 is 68.5 Å². The molecule has 3 N–H and O–H groups in total. The first kappa shape index (κ1) is 53.3. The van der Waals surface area contributed by atoms with Crippen LogP contribution in [0.1, 0.15) is 62.0 Å². The molecular formula is C50H57ClF3N5O7S4. The van der Waals surface area contributed by atoms with E-state index >= 15 is 0 Å². The lowest BCUT2D eigenvalue weighted by molar-refractivity contribution is -0.0435. The molecule has 0 aromatic heterocycles. The molecule has 12 nitrogen and oxygen atoms in total.